The Morgan fingerprint density at radius 1 is 0.566 bits per heavy atom. The molecule has 7 rings (SSSR count). The molecule has 0 N–H and O–H groups in total. The zero-order chi connectivity index (χ0) is 37.4. The van der Waals surface area contributed by atoms with Gasteiger partial charge >= 0.3 is 11.4 Å². The van der Waals surface area contributed by atoms with Gasteiger partial charge in [0.15, 0.2) is 17.5 Å². The summed E-state index contributed by atoms with van der Waals surface area (Å²) in [5, 5.41) is 41.1. The number of pyridine rings is 1. The molecular formula is C38H11N15. The highest BCUT2D eigenvalue weighted by atomic mass is 15.0. The van der Waals surface area contributed by atoms with Gasteiger partial charge in [-0.1, -0.05) is 6.07 Å². The van der Waals surface area contributed by atoms with Crippen molar-refractivity contribution in [3.63, 3.8) is 0 Å². The molecule has 15 heteroatoms. The molecule has 0 spiro atoms. The van der Waals surface area contributed by atoms with Crippen LogP contribution < -0.4 is 32.1 Å². The Bertz CT molecular complexity index is 3140. The number of hydrogen-bond acceptors (Lipinski definition) is 11. The summed E-state index contributed by atoms with van der Waals surface area (Å²) < 4.78 is 0. The predicted molar refractivity (Wildman–Crippen MR) is 181 cm³/mol. The molecule has 1 aromatic heterocycles. The summed E-state index contributed by atoms with van der Waals surface area (Å²) in [6.45, 7) is 31.7. The average molecular weight is 678 g/mol. The maximum atomic E-state index is 10.4. The molecule has 4 heterocycles. The highest BCUT2D eigenvalue weighted by Crippen LogP contribution is 2.35. The van der Waals surface area contributed by atoms with Crippen molar-refractivity contribution in [2.24, 2.45) is 30.0 Å². The third kappa shape index (κ3) is 5.12. The minimum Gasteiger partial charge on any atom is -0.251 e. The molecule has 4 aromatic rings. The fraction of sp³-hybridized carbons (Fsp3) is 0.0263. The van der Waals surface area contributed by atoms with Gasteiger partial charge in [-0.15, -0.1) is 0 Å². The van der Waals surface area contributed by atoms with Crippen molar-refractivity contribution < 1.29 is 0 Å². The summed E-state index contributed by atoms with van der Waals surface area (Å²) in [6.07, 6.45) is 0. The standard InChI is InChI=1S/C38H11N15/c1-18(43-2)36-48-27-9-6-20(34(46-5)35(27)53-36)19-12-28(21-7-10-25-32(23(21)14-39)51-37(49-25)30(16-41)44-3)47-29(13-19)22-8-11-26-33(24(22)15-40)52-38(50-26)31(17-42)45-4/h6-13H,1H3/b36-18-,37-30+,38-31+. The van der Waals surface area contributed by atoms with E-state index in [4.69, 9.17) is 31.3 Å². The lowest BCUT2D eigenvalue weighted by Crippen LogP contribution is -2.26. The summed E-state index contributed by atoms with van der Waals surface area (Å²) in [6, 6.07) is 20.9. The maximum absolute atomic E-state index is 10.4. The molecule has 0 atom stereocenters. The zero-order valence-corrected chi connectivity index (χ0v) is 26.8. The molecule has 3 aromatic carbocycles. The summed E-state index contributed by atoms with van der Waals surface area (Å²) in [7, 11) is 0. The van der Waals surface area contributed by atoms with Gasteiger partial charge in [0.25, 0.3) is 0 Å². The molecule has 0 unspecified atom stereocenters. The Morgan fingerprint density at radius 3 is 1.45 bits per heavy atom. The number of allylic oxidation sites excluding steroid dienone is 3. The molecule has 0 saturated carbocycles. The van der Waals surface area contributed by atoms with Gasteiger partial charge in [0.05, 0.1) is 82.4 Å². The lowest BCUT2D eigenvalue weighted by molar-refractivity contribution is 1.17. The Morgan fingerprint density at radius 2 is 1.02 bits per heavy atom. The lowest BCUT2D eigenvalue weighted by atomic mass is 9.95. The Balaban J connectivity index is 1.56. The number of fused-ring (bicyclic) bond motifs is 3. The Kier molecular flexibility index (Phi) is 7.71. The SMILES string of the molecule is [C-]#[N+]/C(C)=C1/N=c2ccc(-c3cc(-c4ccc5c(c4C#N)=N/C(=C(\C#N)[N+]#[C-])N=5)nc(-c4ccc5c(c4C#N)=N/C(=C(\C#N)[N+]#[C-])N=5)c3)c([N+]#[C-])c2=N1. The number of benzene rings is 3. The van der Waals surface area contributed by atoms with Crippen LogP contribution in [0.3, 0.4) is 0 Å². The van der Waals surface area contributed by atoms with E-state index in [9.17, 15) is 21.0 Å². The van der Waals surface area contributed by atoms with Crippen LogP contribution in [0.2, 0.25) is 0 Å². The van der Waals surface area contributed by atoms with E-state index in [-0.39, 0.29) is 89.5 Å². The Labute approximate surface area is 298 Å². The second-order valence-corrected chi connectivity index (χ2v) is 11.0. The molecule has 15 nitrogen and oxygen atoms in total. The van der Waals surface area contributed by atoms with Gasteiger partial charge in [-0.05, 0) is 60.5 Å². The largest absolute Gasteiger partial charge is 0.305 e. The van der Waals surface area contributed by atoms with Crippen LogP contribution in [0.1, 0.15) is 18.1 Å². The summed E-state index contributed by atoms with van der Waals surface area (Å²) >= 11 is 0. The number of hydrogen-bond donors (Lipinski definition) is 0. The fourth-order valence-corrected chi connectivity index (χ4v) is 5.71. The first-order valence-corrected chi connectivity index (χ1v) is 15.0. The first kappa shape index (κ1) is 32.3. The van der Waals surface area contributed by atoms with E-state index in [1.54, 1.807) is 67.6 Å². The summed E-state index contributed by atoms with van der Waals surface area (Å²) in [4.78, 5) is 44.6. The molecule has 0 bridgehead atoms. The highest BCUT2D eigenvalue weighted by molar-refractivity contribution is 5.85. The van der Waals surface area contributed by atoms with E-state index in [0.717, 1.165) is 0 Å². The van der Waals surface area contributed by atoms with Crippen LogP contribution in [0.25, 0.3) is 53.0 Å². The van der Waals surface area contributed by atoms with E-state index in [0.29, 0.717) is 27.6 Å². The molecule has 3 aliphatic rings. The van der Waals surface area contributed by atoms with Crippen molar-refractivity contribution in [3.8, 4) is 57.9 Å². The Hall–Kier alpha value is -9.25. The molecule has 0 aliphatic carbocycles. The van der Waals surface area contributed by atoms with E-state index >= 15 is 0 Å². The van der Waals surface area contributed by atoms with Crippen LogP contribution in [0.15, 0.2) is 113 Å². The number of nitriles is 4. The first-order chi connectivity index (χ1) is 25.8. The lowest BCUT2D eigenvalue weighted by Gasteiger charge is -2.13. The minimum absolute atomic E-state index is 0.0536. The van der Waals surface area contributed by atoms with Crippen molar-refractivity contribution in [2.75, 3.05) is 0 Å². The van der Waals surface area contributed by atoms with Crippen molar-refractivity contribution in [2.45, 2.75) is 6.92 Å². The van der Waals surface area contributed by atoms with Crippen LogP contribution in [-0.4, -0.2) is 4.98 Å². The first-order valence-electron chi connectivity index (χ1n) is 15.0. The average Bonchev–Trinajstić information content (AvgIpc) is 3.94. The third-order valence-electron chi connectivity index (χ3n) is 8.15. The van der Waals surface area contributed by atoms with Crippen LogP contribution in [0.4, 0.5) is 5.69 Å². The maximum Gasteiger partial charge on any atom is 0.305 e. The molecule has 53 heavy (non-hydrogen) atoms. The van der Waals surface area contributed by atoms with Crippen molar-refractivity contribution in [1.82, 2.24) is 4.98 Å². The number of rotatable bonds is 3. The van der Waals surface area contributed by atoms with E-state index in [1.807, 2.05) is 0 Å². The second kappa shape index (κ2) is 12.7. The molecular weight excluding hydrogens is 667 g/mol. The molecule has 0 fully saturated rings. The predicted octanol–water partition coefficient (Wildman–Crippen LogP) is 3.47. The minimum atomic E-state index is -0.340. The third-order valence-corrected chi connectivity index (χ3v) is 8.15. The quantitative estimate of drug-likeness (QED) is 0.236. The molecule has 0 amide bonds. The normalized spacial score (nSPS) is 15.2. The highest BCUT2D eigenvalue weighted by Gasteiger charge is 2.22. The van der Waals surface area contributed by atoms with Crippen LogP contribution >= 0.6 is 0 Å². The van der Waals surface area contributed by atoms with E-state index < -0.39 is 0 Å². The van der Waals surface area contributed by atoms with Gasteiger partial charge in [-0.25, -0.2) is 59.8 Å². The van der Waals surface area contributed by atoms with Gasteiger partial charge in [-0.2, -0.15) is 10.5 Å². The number of aromatic nitrogens is 1. The molecule has 3 aliphatic heterocycles. The summed E-state index contributed by atoms with van der Waals surface area (Å²) in [5.74, 6) is -0.0503. The molecule has 0 radical (unpaired) electrons. The van der Waals surface area contributed by atoms with Crippen molar-refractivity contribution in [3.05, 3.63) is 172 Å². The van der Waals surface area contributed by atoms with Crippen molar-refractivity contribution >= 4 is 5.69 Å². The van der Waals surface area contributed by atoms with Crippen LogP contribution in [0, 0.1) is 71.6 Å². The van der Waals surface area contributed by atoms with Crippen molar-refractivity contribution in [1.29, 1.82) is 21.0 Å². The molecule has 238 valence electrons. The van der Waals surface area contributed by atoms with Gasteiger partial charge in [0, 0.05) is 11.1 Å². The van der Waals surface area contributed by atoms with Gasteiger partial charge < -0.3 is 0 Å². The number of nitrogens with zero attached hydrogens (tertiary/aromatic N) is 15. The fourth-order valence-electron chi connectivity index (χ4n) is 5.71. The van der Waals surface area contributed by atoms with E-state index in [1.165, 1.54) is 0 Å². The van der Waals surface area contributed by atoms with Gasteiger partial charge in [0.1, 0.15) is 22.9 Å². The van der Waals surface area contributed by atoms with Crippen LogP contribution in [-0.2, 0) is 0 Å². The molecule has 0 saturated heterocycles. The summed E-state index contributed by atoms with van der Waals surface area (Å²) in [5.41, 5.74) is 1.79. The topological polar surface area (TPSA) is 200 Å². The second-order valence-electron chi connectivity index (χ2n) is 11.0. The smallest absolute Gasteiger partial charge is 0.251 e. The van der Waals surface area contributed by atoms with Gasteiger partial charge in [0.2, 0.25) is 11.4 Å². The zero-order valence-electron chi connectivity index (χ0n) is 26.8. The van der Waals surface area contributed by atoms with E-state index in [2.05, 4.69) is 61.5 Å². The monoisotopic (exact) mass is 677 g/mol. The van der Waals surface area contributed by atoms with Crippen LogP contribution in [0.5, 0.6) is 0 Å². The van der Waals surface area contributed by atoms with Gasteiger partial charge in [-0.3, -0.25) is 4.99 Å².